The first-order valence-corrected chi connectivity index (χ1v) is 12.9. The van der Waals surface area contributed by atoms with Crippen molar-refractivity contribution >= 4 is 49.1 Å². The highest BCUT2D eigenvalue weighted by molar-refractivity contribution is 9.10. The van der Waals surface area contributed by atoms with Gasteiger partial charge in [-0.2, -0.15) is 0 Å². The summed E-state index contributed by atoms with van der Waals surface area (Å²) in [5.41, 5.74) is 1.31. The average Bonchev–Trinajstić information content (AvgIpc) is 2.66. The predicted octanol–water partition coefficient (Wildman–Crippen LogP) is 5.69. The van der Waals surface area contributed by atoms with Gasteiger partial charge in [0.25, 0.3) is 0 Å². The maximum Gasteiger partial charge on any atom is 0.178 e. The van der Waals surface area contributed by atoms with Crippen LogP contribution in [-0.2, 0) is 9.84 Å². The number of benzene rings is 2. The number of ketones is 2. The van der Waals surface area contributed by atoms with Gasteiger partial charge in [0, 0.05) is 28.2 Å². The van der Waals surface area contributed by atoms with Crippen LogP contribution >= 0.6 is 27.7 Å². The molecular formula is C22H27BrO4S2. The monoisotopic (exact) mass is 498 g/mol. The number of thioether (sulfide) groups is 1. The second-order valence-corrected chi connectivity index (χ2v) is 12.2. The molecule has 0 bridgehead atoms. The summed E-state index contributed by atoms with van der Waals surface area (Å²) >= 11 is 4.96. The first-order valence-electron chi connectivity index (χ1n) is 8.99. The second-order valence-electron chi connectivity index (χ2n) is 7.35. The van der Waals surface area contributed by atoms with Crippen molar-refractivity contribution in [3.05, 3.63) is 59.7 Å². The highest BCUT2D eigenvalue weighted by atomic mass is 79.9. The van der Waals surface area contributed by atoms with E-state index in [9.17, 15) is 18.0 Å². The summed E-state index contributed by atoms with van der Waals surface area (Å²) in [6, 6.07) is 13.7. The Hall–Kier alpha value is -1.44. The Kier molecular flexibility index (Phi) is 9.31. The fourth-order valence-electron chi connectivity index (χ4n) is 2.29. The molecule has 0 spiro atoms. The third-order valence-electron chi connectivity index (χ3n) is 3.98. The molecule has 0 fully saturated rings. The second kappa shape index (κ2) is 10.5. The zero-order valence-corrected chi connectivity index (χ0v) is 20.7. The summed E-state index contributed by atoms with van der Waals surface area (Å²) in [6.45, 7) is 7.34. The number of hydrogen-bond donors (Lipinski definition) is 0. The lowest BCUT2D eigenvalue weighted by Crippen LogP contribution is -2.23. The minimum Gasteiger partial charge on any atom is -0.294 e. The third kappa shape index (κ3) is 8.07. The number of rotatable bonds is 6. The summed E-state index contributed by atoms with van der Waals surface area (Å²) in [6.07, 6.45) is 3.16. The third-order valence-corrected chi connectivity index (χ3v) is 6.22. The number of alkyl halides is 1. The van der Waals surface area contributed by atoms with Gasteiger partial charge < -0.3 is 0 Å². The molecule has 4 nitrogen and oxygen atoms in total. The van der Waals surface area contributed by atoms with Gasteiger partial charge in [0.1, 0.15) is 0 Å². The molecule has 2 rings (SSSR count). The number of carbonyl (C=O) groups excluding carboxylic acids is 2. The van der Waals surface area contributed by atoms with Crippen molar-refractivity contribution in [2.45, 2.75) is 41.8 Å². The van der Waals surface area contributed by atoms with Crippen LogP contribution in [0, 0.1) is 5.92 Å². The molecule has 7 heteroatoms. The molecule has 0 atom stereocenters. The smallest absolute Gasteiger partial charge is 0.178 e. The molecule has 0 aliphatic carbocycles. The van der Waals surface area contributed by atoms with Gasteiger partial charge in [-0.05, 0) is 44.4 Å². The topological polar surface area (TPSA) is 68.3 Å². The van der Waals surface area contributed by atoms with E-state index in [0.29, 0.717) is 5.56 Å². The maximum absolute atomic E-state index is 11.8. The van der Waals surface area contributed by atoms with E-state index in [4.69, 9.17) is 0 Å². The lowest BCUT2D eigenvalue weighted by Gasteiger charge is -2.14. The number of hydrogen-bond acceptors (Lipinski definition) is 5. The van der Waals surface area contributed by atoms with Gasteiger partial charge in [0.15, 0.2) is 21.4 Å². The quantitative estimate of drug-likeness (QED) is 0.290. The van der Waals surface area contributed by atoms with E-state index < -0.39 is 14.2 Å². The van der Waals surface area contributed by atoms with Gasteiger partial charge in [-0.3, -0.25) is 9.59 Å². The van der Waals surface area contributed by atoms with Crippen LogP contribution in [0.15, 0.2) is 58.3 Å². The van der Waals surface area contributed by atoms with E-state index in [1.807, 2.05) is 44.4 Å². The summed E-state index contributed by atoms with van der Waals surface area (Å²) in [5, 5.41) is 0. The molecule has 29 heavy (non-hydrogen) atoms. The molecule has 0 N–H and O–H groups in total. The Labute approximate surface area is 186 Å². The zero-order chi connectivity index (χ0) is 22.4. The predicted molar refractivity (Wildman–Crippen MR) is 124 cm³/mol. The normalized spacial score (nSPS) is 11.6. The van der Waals surface area contributed by atoms with Crippen molar-refractivity contribution < 1.29 is 18.0 Å². The molecule has 158 valence electrons. The maximum atomic E-state index is 11.8. The fourth-order valence-corrected chi connectivity index (χ4v) is 3.55. The van der Waals surface area contributed by atoms with Crippen molar-refractivity contribution in [3.63, 3.8) is 0 Å². The Morgan fingerprint density at radius 1 is 0.931 bits per heavy atom. The van der Waals surface area contributed by atoms with Crippen molar-refractivity contribution in [3.8, 4) is 0 Å². The van der Waals surface area contributed by atoms with E-state index in [-0.39, 0.29) is 22.4 Å². The summed E-state index contributed by atoms with van der Waals surface area (Å²) in [7, 11) is -3.20. The minimum atomic E-state index is -3.20. The molecule has 0 aliphatic heterocycles. The Morgan fingerprint density at radius 3 is 1.72 bits per heavy atom. The Balaban J connectivity index is 0.000000296. The lowest BCUT2D eigenvalue weighted by atomic mass is 10.0. The van der Waals surface area contributed by atoms with E-state index in [1.165, 1.54) is 29.2 Å². The van der Waals surface area contributed by atoms with Gasteiger partial charge in [-0.15, -0.1) is 11.8 Å². The van der Waals surface area contributed by atoms with Crippen molar-refractivity contribution in [2.24, 2.45) is 5.92 Å². The standard InChI is InChI=1S/C11H13BrO3S.C11H14OS/c1-11(2,12)10(13)8-4-6-9(7-5-8)16(3,14)15;1-8(2)11(12)9-4-6-10(13-3)7-5-9/h4-7H,1-3H3;4-8H,1-3H3. The highest BCUT2D eigenvalue weighted by Gasteiger charge is 2.25. The molecule has 0 radical (unpaired) electrons. The largest absolute Gasteiger partial charge is 0.294 e. The van der Waals surface area contributed by atoms with Crippen LogP contribution < -0.4 is 0 Å². The molecule has 0 saturated heterocycles. The SMILES string of the molecule is CC(C)(Br)C(=O)c1ccc(S(C)(=O)=O)cc1.CSc1ccc(C(=O)C(C)C)cc1. The molecule has 0 unspecified atom stereocenters. The summed E-state index contributed by atoms with van der Waals surface area (Å²) in [4.78, 5) is 24.8. The Bertz CT molecular complexity index is 940. The molecular weight excluding hydrogens is 472 g/mol. The molecule has 0 saturated carbocycles. The first kappa shape index (κ1) is 25.6. The highest BCUT2D eigenvalue weighted by Crippen LogP contribution is 2.23. The zero-order valence-electron chi connectivity index (χ0n) is 17.5. The van der Waals surface area contributed by atoms with Gasteiger partial charge in [-0.25, -0.2) is 8.42 Å². The summed E-state index contributed by atoms with van der Waals surface area (Å²) < 4.78 is 21.8. The molecule has 0 aliphatic rings. The number of halogens is 1. The molecule has 0 heterocycles. The van der Waals surface area contributed by atoms with Gasteiger partial charge in [-0.1, -0.05) is 54.0 Å². The fraction of sp³-hybridized carbons (Fsp3) is 0.364. The van der Waals surface area contributed by atoms with Crippen LogP contribution in [0.1, 0.15) is 48.4 Å². The van der Waals surface area contributed by atoms with Crippen LogP contribution in [0.5, 0.6) is 0 Å². The lowest BCUT2D eigenvalue weighted by molar-refractivity contribution is 0.0937. The van der Waals surface area contributed by atoms with Gasteiger partial charge in [0.2, 0.25) is 0 Å². The van der Waals surface area contributed by atoms with E-state index in [0.717, 1.165) is 11.8 Å². The average molecular weight is 499 g/mol. The van der Waals surface area contributed by atoms with Crippen LogP contribution in [0.3, 0.4) is 0 Å². The number of sulfone groups is 1. The Morgan fingerprint density at radius 2 is 1.38 bits per heavy atom. The first-order chi connectivity index (χ1) is 13.3. The molecule has 0 aromatic heterocycles. The molecule has 2 aromatic carbocycles. The van der Waals surface area contributed by atoms with Crippen molar-refractivity contribution in [1.29, 1.82) is 0 Å². The van der Waals surface area contributed by atoms with Crippen LogP contribution in [0.2, 0.25) is 0 Å². The van der Waals surface area contributed by atoms with Crippen LogP contribution in [0.4, 0.5) is 0 Å². The van der Waals surface area contributed by atoms with Crippen LogP contribution in [0.25, 0.3) is 0 Å². The van der Waals surface area contributed by atoms with Crippen molar-refractivity contribution in [1.82, 2.24) is 0 Å². The van der Waals surface area contributed by atoms with Gasteiger partial charge in [0.05, 0.1) is 9.22 Å². The van der Waals surface area contributed by atoms with E-state index >= 15 is 0 Å². The van der Waals surface area contributed by atoms with Gasteiger partial charge >= 0.3 is 0 Å². The van der Waals surface area contributed by atoms with E-state index in [1.54, 1.807) is 25.6 Å². The molecule has 2 aromatic rings. The molecule has 0 amide bonds. The van der Waals surface area contributed by atoms with E-state index in [2.05, 4.69) is 15.9 Å². The minimum absolute atomic E-state index is 0.0763. The van der Waals surface area contributed by atoms with Crippen LogP contribution in [-0.4, -0.2) is 36.8 Å². The number of Topliss-reactive ketones (excluding diaryl/α,β-unsaturated/α-hetero) is 2. The summed E-state index contributed by atoms with van der Waals surface area (Å²) in [5.74, 6) is 0.223. The van der Waals surface area contributed by atoms with Crippen molar-refractivity contribution in [2.75, 3.05) is 12.5 Å². The number of carbonyl (C=O) groups is 2.